The van der Waals surface area contributed by atoms with Crippen molar-refractivity contribution in [2.45, 2.75) is 39.3 Å². The number of hydrogen-bond donors (Lipinski definition) is 2. The van der Waals surface area contributed by atoms with Crippen molar-refractivity contribution in [3.63, 3.8) is 0 Å². The van der Waals surface area contributed by atoms with E-state index in [1.165, 1.54) is 7.11 Å². The highest BCUT2D eigenvalue weighted by molar-refractivity contribution is 5.90. The molecule has 0 aliphatic heterocycles. The monoisotopic (exact) mass is 308 g/mol. The largest absolute Gasteiger partial charge is 0.465 e. The minimum Gasteiger partial charge on any atom is -0.465 e. The van der Waals surface area contributed by atoms with Gasteiger partial charge in [0.25, 0.3) is 0 Å². The summed E-state index contributed by atoms with van der Waals surface area (Å²) in [4.78, 5) is 23.1. The van der Waals surface area contributed by atoms with Crippen LogP contribution in [-0.4, -0.2) is 37.4 Å². The lowest BCUT2D eigenvalue weighted by Crippen LogP contribution is -2.38. The second-order valence-electron chi connectivity index (χ2n) is 6.00. The lowest BCUT2D eigenvalue weighted by Gasteiger charge is -2.21. The van der Waals surface area contributed by atoms with Crippen LogP contribution in [0.5, 0.6) is 0 Å². The number of amides is 1. The molecule has 0 saturated heterocycles. The Kier molecular flexibility index (Phi) is 6.22. The molecule has 0 aliphatic carbocycles. The van der Waals surface area contributed by atoms with Gasteiger partial charge in [-0.2, -0.15) is 0 Å². The zero-order valence-electron chi connectivity index (χ0n) is 13.7. The minimum absolute atomic E-state index is 0.0274. The molecular weight excluding hydrogens is 284 g/mol. The van der Waals surface area contributed by atoms with E-state index in [0.717, 1.165) is 5.69 Å². The number of carbonyl (C=O) groups is 2. The second-order valence-corrected chi connectivity index (χ2v) is 6.00. The van der Waals surface area contributed by atoms with Crippen LogP contribution in [0.3, 0.4) is 0 Å². The molecule has 1 amide bonds. The molecule has 6 heteroatoms. The highest BCUT2D eigenvalue weighted by Crippen LogP contribution is 2.12. The minimum atomic E-state index is -0.518. The Bertz CT molecular complexity index is 523. The SMILES string of the molecule is COC(=O)c1cccc(N[C@@H](C)CNC(=O)OC(C)(C)C)c1. The second kappa shape index (κ2) is 7.68. The molecule has 1 rings (SSSR count). The molecule has 22 heavy (non-hydrogen) atoms. The van der Waals surface area contributed by atoms with Gasteiger partial charge in [0.2, 0.25) is 0 Å². The van der Waals surface area contributed by atoms with Gasteiger partial charge in [0.05, 0.1) is 12.7 Å². The fraction of sp³-hybridized carbons (Fsp3) is 0.500. The highest BCUT2D eigenvalue weighted by atomic mass is 16.6. The molecule has 0 bridgehead atoms. The molecule has 0 fully saturated rings. The van der Waals surface area contributed by atoms with Gasteiger partial charge in [-0.3, -0.25) is 0 Å². The molecule has 1 atom stereocenters. The maximum absolute atomic E-state index is 11.6. The quantitative estimate of drug-likeness (QED) is 0.818. The van der Waals surface area contributed by atoms with Crippen molar-refractivity contribution in [3.8, 4) is 0 Å². The summed E-state index contributed by atoms with van der Waals surface area (Å²) >= 11 is 0. The molecule has 1 aromatic carbocycles. The predicted octanol–water partition coefficient (Wildman–Crippen LogP) is 2.80. The van der Waals surface area contributed by atoms with Gasteiger partial charge >= 0.3 is 12.1 Å². The first-order valence-electron chi connectivity index (χ1n) is 7.13. The Morgan fingerprint density at radius 1 is 1.27 bits per heavy atom. The average Bonchev–Trinajstić information content (AvgIpc) is 2.43. The summed E-state index contributed by atoms with van der Waals surface area (Å²) in [6.45, 7) is 7.76. The molecule has 0 aromatic heterocycles. The first-order chi connectivity index (χ1) is 10.2. The fourth-order valence-corrected chi connectivity index (χ4v) is 1.74. The summed E-state index contributed by atoms with van der Waals surface area (Å²) in [5.41, 5.74) is 0.733. The number of methoxy groups -OCH3 is 1. The number of hydrogen-bond acceptors (Lipinski definition) is 5. The zero-order valence-corrected chi connectivity index (χ0v) is 13.7. The first kappa shape index (κ1) is 17.8. The van der Waals surface area contributed by atoms with E-state index in [9.17, 15) is 9.59 Å². The van der Waals surface area contributed by atoms with Crippen LogP contribution in [-0.2, 0) is 9.47 Å². The highest BCUT2D eigenvalue weighted by Gasteiger charge is 2.16. The number of anilines is 1. The van der Waals surface area contributed by atoms with Gasteiger partial charge < -0.3 is 20.1 Å². The van der Waals surface area contributed by atoms with Crippen molar-refractivity contribution in [1.82, 2.24) is 5.32 Å². The third kappa shape index (κ3) is 6.47. The van der Waals surface area contributed by atoms with Gasteiger partial charge in [-0.25, -0.2) is 9.59 Å². The van der Waals surface area contributed by atoms with Crippen LogP contribution in [0, 0.1) is 0 Å². The van der Waals surface area contributed by atoms with E-state index in [1.807, 2.05) is 33.8 Å². The molecule has 0 saturated carbocycles. The normalized spacial score (nSPS) is 12.2. The number of alkyl carbamates (subject to hydrolysis) is 1. The van der Waals surface area contributed by atoms with E-state index in [2.05, 4.69) is 15.4 Å². The van der Waals surface area contributed by atoms with Crippen LogP contribution in [0.1, 0.15) is 38.1 Å². The molecule has 0 spiro atoms. The fourth-order valence-electron chi connectivity index (χ4n) is 1.74. The van der Waals surface area contributed by atoms with Crippen molar-refractivity contribution in [2.24, 2.45) is 0 Å². The van der Waals surface area contributed by atoms with Crippen molar-refractivity contribution in [1.29, 1.82) is 0 Å². The smallest absolute Gasteiger partial charge is 0.407 e. The summed E-state index contributed by atoms with van der Waals surface area (Å²) in [5.74, 6) is -0.386. The standard InChI is InChI=1S/C16H24N2O4/c1-11(10-17-15(20)22-16(2,3)4)18-13-8-6-7-12(9-13)14(19)21-5/h6-9,11,18H,10H2,1-5H3,(H,17,20)/t11-/m0/s1. The van der Waals surface area contributed by atoms with Crippen LogP contribution >= 0.6 is 0 Å². The number of esters is 1. The van der Waals surface area contributed by atoms with Crippen molar-refractivity contribution >= 4 is 17.7 Å². The van der Waals surface area contributed by atoms with Gasteiger partial charge in [-0.05, 0) is 45.9 Å². The summed E-state index contributed by atoms with van der Waals surface area (Å²) in [5, 5.41) is 5.89. The zero-order chi connectivity index (χ0) is 16.8. The Balaban J connectivity index is 2.50. The molecule has 0 radical (unpaired) electrons. The number of benzene rings is 1. The van der Waals surface area contributed by atoms with E-state index in [4.69, 9.17) is 4.74 Å². The molecule has 0 unspecified atom stereocenters. The maximum atomic E-state index is 11.6. The van der Waals surface area contributed by atoms with E-state index >= 15 is 0 Å². The lowest BCUT2D eigenvalue weighted by atomic mass is 10.2. The predicted molar refractivity (Wildman–Crippen MR) is 85.1 cm³/mol. The number of rotatable bonds is 5. The average molecular weight is 308 g/mol. The van der Waals surface area contributed by atoms with E-state index < -0.39 is 11.7 Å². The van der Waals surface area contributed by atoms with Crippen molar-refractivity contribution < 1.29 is 19.1 Å². The number of ether oxygens (including phenoxy) is 2. The van der Waals surface area contributed by atoms with Crippen LogP contribution < -0.4 is 10.6 Å². The molecule has 0 heterocycles. The third-order valence-electron chi connectivity index (χ3n) is 2.65. The number of nitrogens with one attached hydrogen (secondary N) is 2. The van der Waals surface area contributed by atoms with E-state index in [0.29, 0.717) is 12.1 Å². The Labute approximate surface area is 131 Å². The molecular formula is C16H24N2O4. The Hall–Kier alpha value is -2.24. The maximum Gasteiger partial charge on any atom is 0.407 e. The summed E-state index contributed by atoms with van der Waals surface area (Å²) < 4.78 is 9.85. The van der Waals surface area contributed by atoms with Crippen LogP contribution in [0.2, 0.25) is 0 Å². The van der Waals surface area contributed by atoms with Gasteiger partial charge in [0.1, 0.15) is 5.60 Å². The van der Waals surface area contributed by atoms with E-state index in [1.54, 1.807) is 18.2 Å². The topological polar surface area (TPSA) is 76.7 Å². The Morgan fingerprint density at radius 3 is 2.55 bits per heavy atom. The summed E-state index contributed by atoms with van der Waals surface area (Å²) in [6.07, 6.45) is -0.454. The van der Waals surface area contributed by atoms with Gasteiger partial charge in [0, 0.05) is 18.3 Å². The molecule has 122 valence electrons. The van der Waals surface area contributed by atoms with Crippen LogP contribution in [0.15, 0.2) is 24.3 Å². The Morgan fingerprint density at radius 2 is 1.95 bits per heavy atom. The van der Waals surface area contributed by atoms with Crippen LogP contribution in [0.4, 0.5) is 10.5 Å². The van der Waals surface area contributed by atoms with Gasteiger partial charge in [0.15, 0.2) is 0 Å². The summed E-state index contributed by atoms with van der Waals surface area (Å²) in [7, 11) is 1.34. The van der Waals surface area contributed by atoms with Gasteiger partial charge in [-0.15, -0.1) is 0 Å². The lowest BCUT2D eigenvalue weighted by molar-refractivity contribution is 0.0525. The molecule has 6 nitrogen and oxygen atoms in total. The third-order valence-corrected chi connectivity index (χ3v) is 2.65. The molecule has 2 N–H and O–H groups in total. The molecule has 1 aromatic rings. The van der Waals surface area contributed by atoms with Crippen molar-refractivity contribution in [3.05, 3.63) is 29.8 Å². The summed E-state index contributed by atoms with van der Waals surface area (Å²) in [6, 6.07) is 6.97. The van der Waals surface area contributed by atoms with Crippen LogP contribution in [0.25, 0.3) is 0 Å². The van der Waals surface area contributed by atoms with Crippen molar-refractivity contribution in [2.75, 3.05) is 19.0 Å². The van der Waals surface area contributed by atoms with Gasteiger partial charge in [-0.1, -0.05) is 6.07 Å². The van der Waals surface area contributed by atoms with E-state index in [-0.39, 0.29) is 12.0 Å². The first-order valence-corrected chi connectivity index (χ1v) is 7.13. The molecule has 0 aliphatic rings. The number of carbonyl (C=O) groups excluding carboxylic acids is 2.